The minimum atomic E-state index is 0.446. The van der Waals surface area contributed by atoms with Gasteiger partial charge in [0, 0.05) is 37.5 Å². The highest BCUT2D eigenvalue weighted by Crippen LogP contribution is 2.32. The minimum absolute atomic E-state index is 0.446. The van der Waals surface area contributed by atoms with Crippen molar-refractivity contribution in [2.75, 3.05) is 31.7 Å². The van der Waals surface area contributed by atoms with Gasteiger partial charge in [0.25, 0.3) is 0 Å². The largest absolute Gasteiger partial charge is 0.490 e. The normalized spacial score (nSPS) is 17.2. The average molecular weight is 428 g/mol. The first-order chi connectivity index (χ1) is 15.4. The third-order valence-electron chi connectivity index (χ3n) is 5.50. The lowest BCUT2D eigenvalue weighted by Crippen LogP contribution is -2.32. The molecule has 4 rings (SSSR count). The van der Waals surface area contributed by atoms with Crippen molar-refractivity contribution in [3.05, 3.63) is 36.2 Å². The van der Waals surface area contributed by atoms with E-state index in [4.69, 9.17) is 14.2 Å². The van der Waals surface area contributed by atoms with E-state index < -0.39 is 0 Å². The van der Waals surface area contributed by atoms with Crippen molar-refractivity contribution < 1.29 is 14.2 Å². The first kappa shape index (κ1) is 21.5. The molecule has 1 aliphatic carbocycles. The number of hydrogen-bond donors (Lipinski definition) is 3. The molecule has 2 aromatic rings. The third kappa shape index (κ3) is 6.89. The second-order valence-electron chi connectivity index (χ2n) is 7.99. The Balaban J connectivity index is 1.31. The third-order valence-corrected chi connectivity index (χ3v) is 5.50. The summed E-state index contributed by atoms with van der Waals surface area (Å²) in [6.07, 6.45) is 10.4. The maximum absolute atomic E-state index is 6.03. The summed E-state index contributed by atoms with van der Waals surface area (Å²) >= 11 is 0. The van der Waals surface area contributed by atoms with Crippen LogP contribution < -0.4 is 20.1 Å². The Kier molecular flexibility index (Phi) is 8.04. The molecule has 0 bridgehead atoms. The fourth-order valence-corrected chi connectivity index (χ4v) is 3.82. The summed E-state index contributed by atoms with van der Waals surface area (Å²) in [6, 6.07) is 7.80. The Hall–Kier alpha value is -2.74. The van der Waals surface area contributed by atoms with Crippen LogP contribution in [-0.2, 0) is 11.3 Å². The highest BCUT2D eigenvalue weighted by atomic mass is 16.5. The number of nitrogens with zero attached hydrogens (tertiary/aromatic N) is 2. The Morgan fingerprint density at radius 2 is 1.97 bits per heavy atom. The number of aromatic nitrogens is 2. The van der Waals surface area contributed by atoms with Crippen LogP contribution in [0.1, 0.15) is 50.6 Å². The van der Waals surface area contributed by atoms with Crippen LogP contribution in [0.5, 0.6) is 11.5 Å². The first-order valence-corrected chi connectivity index (χ1v) is 11.4. The van der Waals surface area contributed by atoms with E-state index in [0.29, 0.717) is 31.8 Å². The monoisotopic (exact) mass is 427 g/mol. The van der Waals surface area contributed by atoms with Gasteiger partial charge >= 0.3 is 0 Å². The molecule has 0 spiro atoms. The smallest absolute Gasteiger partial charge is 0.196 e. The second kappa shape index (κ2) is 11.6. The number of H-pyrrole nitrogens is 1. The molecule has 1 aliphatic heterocycles. The zero-order valence-electron chi connectivity index (χ0n) is 18.1. The number of aromatic amines is 1. The molecule has 1 saturated carbocycles. The van der Waals surface area contributed by atoms with Gasteiger partial charge in [0.2, 0.25) is 0 Å². The molecule has 0 amide bonds. The maximum atomic E-state index is 6.03. The quantitative estimate of drug-likeness (QED) is 0.336. The van der Waals surface area contributed by atoms with E-state index >= 15 is 0 Å². The van der Waals surface area contributed by atoms with Crippen LogP contribution in [0.4, 0.5) is 5.69 Å². The summed E-state index contributed by atoms with van der Waals surface area (Å²) < 4.78 is 17.6. The Morgan fingerprint density at radius 1 is 1.10 bits per heavy atom. The van der Waals surface area contributed by atoms with E-state index in [1.165, 1.54) is 32.1 Å². The number of nitrogens with one attached hydrogen (secondary N) is 3. The summed E-state index contributed by atoms with van der Waals surface area (Å²) in [5.41, 5.74) is 1.86. The number of rotatable bonds is 8. The lowest BCUT2D eigenvalue weighted by atomic mass is 9.98. The standard InChI is InChI=1S/C23H33N5O3/c1-2-6-20(7-3-1)29-13-4-11-24-23(25-17-19-10-12-26-28-19)27-18-8-9-21-22(16-18)31-15-5-14-30-21/h8-10,12,16,20H,1-7,11,13-15,17H2,(H,26,28)(H2,24,25,27). The number of aliphatic imine (C=N–C) groups is 1. The van der Waals surface area contributed by atoms with E-state index in [0.717, 1.165) is 48.9 Å². The fourth-order valence-electron chi connectivity index (χ4n) is 3.82. The second-order valence-corrected chi connectivity index (χ2v) is 7.99. The summed E-state index contributed by atoms with van der Waals surface area (Å²) in [5, 5.41) is 13.7. The summed E-state index contributed by atoms with van der Waals surface area (Å²) in [6.45, 7) is 3.41. The lowest BCUT2D eigenvalue weighted by molar-refractivity contribution is 0.0277. The van der Waals surface area contributed by atoms with Crippen LogP contribution in [0, 0.1) is 0 Å². The molecule has 0 unspecified atom stereocenters. The van der Waals surface area contributed by atoms with E-state index in [9.17, 15) is 0 Å². The molecule has 8 nitrogen and oxygen atoms in total. The topological polar surface area (TPSA) is 92.8 Å². The van der Waals surface area contributed by atoms with Gasteiger partial charge in [-0.1, -0.05) is 19.3 Å². The van der Waals surface area contributed by atoms with Crippen LogP contribution in [0.25, 0.3) is 0 Å². The van der Waals surface area contributed by atoms with Crippen LogP contribution in [0.15, 0.2) is 35.5 Å². The number of ether oxygens (including phenoxy) is 3. The van der Waals surface area contributed by atoms with E-state index in [-0.39, 0.29) is 0 Å². The zero-order chi connectivity index (χ0) is 21.1. The molecule has 1 aromatic carbocycles. The highest BCUT2D eigenvalue weighted by Gasteiger charge is 2.14. The van der Waals surface area contributed by atoms with Crippen molar-refractivity contribution in [1.29, 1.82) is 0 Å². The molecule has 31 heavy (non-hydrogen) atoms. The van der Waals surface area contributed by atoms with Gasteiger partial charge in [-0.3, -0.25) is 5.10 Å². The Morgan fingerprint density at radius 3 is 2.81 bits per heavy atom. The van der Waals surface area contributed by atoms with Crippen molar-refractivity contribution in [2.24, 2.45) is 4.99 Å². The molecule has 3 N–H and O–H groups in total. The van der Waals surface area contributed by atoms with E-state index in [1.54, 1.807) is 6.20 Å². The number of anilines is 1. The van der Waals surface area contributed by atoms with Gasteiger partial charge in [0.15, 0.2) is 17.5 Å². The van der Waals surface area contributed by atoms with E-state index in [1.807, 2.05) is 24.3 Å². The molecule has 0 atom stereocenters. The maximum Gasteiger partial charge on any atom is 0.196 e. The van der Waals surface area contributed by atoms with Crippen molar-refractivity contribution in [2.45, 2.75) is 57.6 Å². The van der Waals surface area contributed by atoms with Gasteiger partial charge in [-0.15, -0.1) is 0 Å². The number of hydrogen-bond acceptors (Lipinski definition) is 5. The zero-order valence-corrected chi connectivity index (χ0v) is 18.1. The van der Waals surface area contributed by atoms with Gasteiger partial charge in [0.05, 0.1) is 31.6 Å². The van der Waals surface area contributed by atoms with Crippen LogP contribution in [0.2, 0.25) is 0 Å². The first-order valence-electron chi connectivity index (χ1n) is 11.4. The number of guanidine groups is 1. The van der Waals surface area contributed by atoms with Gasteiger partial charge in [-0.25, -0.2) is 4.99 Å². The molecule has 1 aromatic heterocycles. The SMILES string of the molecule is c1cc(CN=C(NCCCOC2CCCCC2)Nc2ccc3c(c2)OCCCO3)[nH]n1. The number of benzene rings is 1. The molecular weight excluding hydrogens is 394 g/mol. The molecule has 2 heterocycles. The van der Waals surface area contributed by atoms with Crippen LogP contribution in [0.3, 0.4) is 0 Å². The van der Waals surface area contributed by atoms with E-state index in [2.05, 4.69) is 25.8 Å². The molecule has 1 fully saturated rings. The van der Waals surface area contributed by atoms with Crippen LogP contribution >= 0.6 is 0 Å². The van der Waals surface area contributed by atoms with Crippen molar-refractivity contribution >= 4 is 11.6 Å². The molecule has 0 radical (unpaired) electrons. The van der Waals surface area contributed by atoms with Gasteiger partial charge in [-0.2, -0.15) is 5.10 Å². The summed E-state index contributed by atoms with van der Waals surface area (Å²) in [4.78, 5) is 4.69. The Labute approximate surface area is 183 Å². The van der Waals surface area contributed by atoms with Crippen molar-refractivity contribution in [1.82, 2.24) is 15.5 Å². The lowest BCUT2D eigenvalue weighted by Gasteiger charge is -2.22. The number of fused-ring (bicyclic) bond motifs is 1. The van der Waals surface area contributed by atoms with Gasteiger partial charge in [0.1, 0.15) is 0 Å². The molecule has 168 valence electrons. The minimum Gasteiger partial charge on any atom is -0.490 e. The highest BCUT2D eigenvalue weighted by molar-refractivity contribution is 5.93. The van der Waals surface area contributed by atoms with Crippen LogP contribution in [-0.4, -0.2) is 48.6 Å². The average Bonchev–Trinajstić information content (AvgIpc) is 3.22. The molecule has 0 saturated heterocycles. The summed E-state index contributed by atoms with van der Waals surface area (Å²) in [7, 11) is 0. The summed E-state index contributed by atoms with van der Waals surface area (Å²) in [5.74, 6) is 2.25. The predicted octanol–water partition coefficient (Wildman–Crippen LogP) is 3.87. The molecular formula is C23H33N5O3. The van der Waals surface area contributed by atoms with Gasteiger partial charge < -0.3 is 24.8 Å². The molecule has 2 aliphatic rings. The predicted molar refractivity (Wildman–Crippen MR) is 121 cm³/mol. The fraction of sp³-hybridized carbons (Fsp3) is 0.565. The molecule has 8 heteroatoms. The van der Waals surface area contributed by atoms with Crippen molar-refractivity contribution in [3.8, 4) is 11.5 Å². The van der Waals surface area contributed by atoms with Gasteiger partial charge in [-0.05, 0) is 37.5 Å². The Bertz CT molecular complexity index is 819. The van der Waals surface area contributed by atoms with Crippen molar-refractivity contribution in [3.63, 3.8) is 0 Å².